The van der Waals surface area contributed by atoms with Gasteiger partial charge in [-0.25, -0.2) is 0 Å². The van der Waals surface area contributed by atoms with Crippen molar-refractivity contribution in [1.82, 2.24) is 5.32 Å². The number of hydrogen-bond acceptors (Lipinski definition) is 2. The van der Waals surface area contributed by atoms with E-state index in [9.17, 15) is 0 Å². The number of halogens is 2. The van der Waals surface area contributed by atoms with Crippen LogP contribution in [0, 0.1) is 0 Å². The van der Waals surface area contributed by atoms with Crippen molar-refractivity contribution in [3.8, 4) is 0 Å². The summed E-state index contributed by atoms with van der Waals surface area (Å²) < 4.78 is 2.37. The largest absolute Gasteiger partial charge is 0.368 e. The van der Waals surface area contributed by atoms with Crippen molar-refractivity contribution in [3.63, 3.8) is 0 Å². The standard InChI is InChI=1S/C14H18Br2N2/c15-12-4-1-5-13(16)14(12)18-8-2-3-11(9-18)17-10-6-7-10/h1,4-5,10-11,17H,2-3,6-9H2. The maximum absolute atomic E-state index is 3.76. The Balaban J connectivity index is 1.74. The highest BCUT2D eigenvalue weighted by atomic mass is 79.9. The Kier molecular flexibility index (Phi) is 3.97. The van der Waals surface area contributed by atoms with Crippen molar-refractivity contribution in [3.05, 3.63) is 27.1 Å². The van der Waals surface area contributed by atoms with E-state index in [2.05, 4.69) is 60.3 Å². The molecule has 1 aromatic carbocycles. The molecule has 3 rings (SSSR count). The smallest absolute Gasteiger partial charge is 0.0655 e. The van der Waals surface area contributed by atoms with Crippen LogP contribution < -0.4 is 10.2 Å². The van der Waals surface area contributed by atoms with Gasteiger partial charge >= 0.3 is 0 Å². The van der Waals surface area contributed by atoms with Gasteiger partial charge in [0.1, 0.15) is 0 Å². The van der Waals surface area contributed by atoms with Gasteiger partial charge in [-0.2, -0.15) is 0 Å². The molecular weight excluding hydrogens is 356 g/mol. The van der Waals surface area contributed by atoms with Gasteiger partial charge < -0.3 is 10.2 Å². The maximum Gasteiger partial charge on any atom is 0.0655 e. The third-order valence-electron chi connectivity index (χ3n) is 3.72. The van der Waals surface area contributed by atoms with E-state index in [0.29, 0.717) is 6.04 Å². The third-order valence-corrected chi connectivity index (χ3v) is 5.00. The first-order valence-corrected chi connectivity index (χ1v) is 8.27. The van der Waals surface area contributed by atoms with E-state index < -0.39 is 0 Å². The van der Waals surface area contributed by atoms with E-state index in [-0.39, 0.29) is 0 Å². The van der Waals surface area contributed by atoms with Crippen molar-refractivity contribution < 1.29 is 0 Å². The highest BCUT2D eigenvalue weighted by Crippen LogP contribution is 2.35. The van der Waals surface area contributed by atoms with Crippen LogP contribution in [0.5, 0.6) is 0 Å². The van der Waals surface area contributed by atoms with E-state index in [4.69, 9.17) is 0 Å². The number of para-hydroxylation sites is 1. The molecule has 0 amide bonds. The molecule has 0 aromatic heterocycles. The van der Waals surface area contributed by atoms with Gasteiger partial charge in [0, 0.05) is 34.1 Å². The van der Waals surface area contributed by atoms with E-state index in [1.54, 1.807) is 0 Å². The second-order valence-corrected chi connectivity index (χ2v) is 7.01. The van der Waals surface area contributed by atoms with Crippen molar-refractivity contribution in [2.45, 2.75) is 37.8 Å². The summed E-state index contributed by atoms with van der Waals surface area (Å²) in [6, 6.07) is 7.78. The molecular formula is C14H18Br2N2. The monoisotopic (exact) mass is 372 g/mol. The summed E-state index contributed by atoms with van der Waals surface area (Å²) in [5, 5.41) is 3.76. The van der Waals surface area contributed by atoms with Crippen LogP contribution in [0.4, 0.5) is 5.69 Å². The number of piperidine rings is 1. The SMILES string of the molecule is Brc1cccc(Br)c1N1CCCC(NC2CC2)C1. The molecule has 4 heteroatoms. The van der Waals surface area contributed by atoms with E-state index in [0.717, 1.165) is 19.1 Å². The van der Waals surface area contributed by atoms with Crippen LogP contribution in [0.2, 0.25) is 0 Å². The molecule has 1 saturated heterocycles. The van der Waals surface area contributed by atoms with Gasteiger partial charge in [0.2, 0.25) is 0 Å². The zero-order valence-electron chi connectivity index (χ0n) is 10.3. The maximum atomic E-state index is 3.76. The lowest BCUT2D eigenvalue weighted by molar-refractivity contribution is 0.420. The van der Waals surface area contributed by atoms with E-state index in [1.165, 1.54) is 40.3 Å². The second-order valence-electron chi connectivity index (χ2n) is 5.30. The quantitative estimate of drug-likeness (QED) is 0.863. The Morgan fingerprint density at radius 2 is 1.78 bits per heavy atom. The Labute approximate surface area is 125 Å². The van der Waals surface area contributed by atoms with Gasteiger partial charge in [-0.05, 0) is 69.7 Å². The topological polar surface area (TPSA) is 15.3 Å². The third kappa shape index (κ3) is 2.91. The van der Waals surface area contributed by atoms with Crippen LogP contribution in [0.15, 0.2) is 27.1 Å². The number of benzene rings is 1. The van der Waals surface area contributed by atoms with Gasteiger partial charge in [0.25, 0.3) is 0 Å². The average molecular weight is 374 g/mol. The molecule has 18 heavy (non-hydrogen) atoms. The van der Waals surface area contributed by atoms with Crippen molar-refractivity contribution in [2.75, 3.05) is 18.0 Å². The molecule has 0 spiro atoms. The fraction of sp³-hybridized carbons (Fsp3) is 0.571. The summed E-state index contributed by atoms with van der Waals surface area (Å²) in [5.41, 5.74) is 1.31. The van der Waals surface area contributed by atoms with Crippen molar-refractivity contribution in [2.24, 2.45) is 0 Å². The van der Waals surface area contributed by atoms with Crippen LogP contribution in [0.1, 0.15) is 25.7 Å². The first-order valence-electron chi connectivity index (χ1n) is 6.69. The summed E-state index contributed by atoms with van der Waals surface area (Å²) in [4.78, 5) is 2.50. The summed E-state index contributed by atoms with van der Waals surface area (Å²) in [7, 11) is 0. The number of hydrogen-bond donors (Lipinski definition) is 1. The minimum Gasteiger partial charge on any atom is -0.368 e. The molecule has 0 radical (unpaired) electrons. The summed E-state index contributed by atoms with van der Waals surface area (Å²) in [6.45, 7) is 2.28. The van der Waals surface area contributed by atoms with Crippen LogP contribution in [0.3, 0.4) is 0 Å². The first-order chi connectivity index (χ1) is 8.74. The molecule has 0 bridgehead atoms. The van der Waals surface area contributed by atoms with Crippen LogP contribution in [-0.4, -0.2) is 25.2 Å². The Hall–Kier alpha value is -0.0600. The molecule has 2 fully saturated rings. The molecule has 1 atom stereocenters. The Morgan fingerprint density at radius 3 is 2.44 bits per heavy atom. The van der Waals surface area contributed by atoms with Gasteiger partial charge in [-0.1, -0.05) is 6.07 Å². The summed E-state index contributed by atoms with van der Waals surface area (Å²) >= 11 is 7.35. The molecule has 2 aliphatic rings. The molecule has 1 aromatic rings. The predicted molar refractivity (Wildman–Crippen MR) is 83.2 cm³/mol. The molecule has 1 aliphatic heterocycles. The lowest BCUT2D eigenvalue weighted by atomic mass is 10.0. The van der Waals surface area contributed by atoms with Crippen LogP contribution >= 0.6 is 31.9 Å². The lowest BCUT2D eigenvalue weighted by Gasteiger charge is -2.36. The normalized spacial score (nSPS) is 24.3. The lowest BCUT2D eigenvalue weighted by Crippen LogP contribution is -2.46. The molecule has 1 unspecified atom stereocenters. The molecule has 1 heterocycles. The number of anilines is 1. The molecule has 1 saturated carbocycles. The fourth-order valence-corrected chi connectivity index (χ4v) is 4.19. The number of rotatable bonds is 3. The second kappa shape index (κ2) is 5.51. The summed E-state index contributed by atoms with van der Waals surface area (Å²) in [5.74, 6) is 0. The van der Waals surface area contributed by atoms with Crippen molar-refractivity contribution >= 4 is 37.5 Å². The highest BCUT2D eigenvalue weighted by molar-refractivity contribution is 9.11. The zero-order valence-corrected chi connectivity index (χ0v) is 13.5. The minimum atomic E-state index is 0.658. The molecule has 1 N–H and O–H groups in total. The molecule has 2 nitrogen and oxygen atoms in total. The van der Waals surface area contributed by atoms with Crippen LogP contribution in [0.25, 0.3) is 0 Å². The minimum absolute atomic E-state index is 0.658. The van der Waals surface area contributed by atoms with E-state index >= 15 is 0 Å². The Morgan fingerprint density at radius 1 is 1.06 bits per heavy atom. The zero-order chi connectivity index (χ0) is 12.5. The number of nitrogens with zero attached hydrogens (tertiary/aromatic N) is 1. The summed E-state index contributed by atoms with van der Waals surface area (Å²) in [6.07, 6.45) is 5.33. The van der Waals surface area contributed by atoms with Gasteiger partial charge in [-0.15, -0.1) is 0 Å². The van der Waals surface area contributed by atoms with Crippen LogP contribution in [-0.2, 0) is 0 Å². The van der Waals surface area contributed by atoms with Gasteiger partial charge in [0.05, 0.1) is 5.69 Å². The Bertz CT molecular complexity index is 412. The van der Waals surface area contributed by atoms with Crippen molar-refractivity contribution in [1.29, 1.82) is 0 Å². The first kappa shape index (κ1) is 12.9. The average Bonchev–Trinajstić information content (AvgIpc) is 3.13. The molecule has 98 valence electrons. The number of nitrogens with one attached hydrogen (secondary N) is 1. The van der Waals surface area contributed by atoms with Gasteiger partial charge in [0.15, 0.2) is 0 Å². The van der Waals surface area contributed by atoms with E-state index in [1.807, 2.05) is 0 Å². The highest BCUT2D eigenvalue weighted by Gasteiger charge is 2.28. The molecule has 1 aliphatic carbocycles. The fourth-order valence-electron chi connectivity index (χ4n) is 2.69. The van der Waals surface area contributed by atoms with Gasteiger partial charge in [-0.3, -0.25) is 0 Å². The predicted octanol–water partition coefficient (Wildman–Crippen LogP) is 3.93.